The molecule has 1 aromatic rings. The fourth-order valence-electron chi connectivity index (χ4n) is 2.76. The van der Waals surface area contributed by atoms with Gasteiger partial charge in [0.05, 0.1) is 7.11 Å². The summed E-state index contributed by atoms with van der Waals surface area (Å²) in [7, 11) is 1.73. The van der Waals surface area contributed by atoms with Crippen LogP contribution in [0.25, 0.3) is 0 Å². The zero-order valence-electron chi connectivity index (χ0n) is 10.4. The largest absolute Gasteiger partial charge is 0.496 e. The zero-order valence-corrected chi connectivity index (χ0v) is 10.4. The summed E-state index contributed by atoms with van der Waals surface area (Å²) in [6, 6.07) is 6.51. The summed E-state index contributed by atoms with van der Waals surface area (Å²) >= 11 is 0. The molecule has 1 saturated carbocycles. The third-order valence-electron chi connectivity index (χ3n) is 4.31. The second-order valence-electron chi connectivity index (χ2n) is 4.98. The van der Waals surface area contributed by atoms with Crippen LogP contribution in [0.1, 0.15) is 30.9 Å². The van der Waals surface area contributed by atoms with E-state index in [1.807, 2.05) is 0 Å². The molecule has 1 aromatic carbocycles. The van der Waals surface area contributed by atoms with Crippen LogP contribution in [0.15, 0.2) is 18.2 Å². The van der Waals surface area contributed by atoms with Crippen molar-refractivity contribution >= 4 is 0 Å². The first-order chi connectivity index (χ1) is 7.64. The highest BCUT2D eigenvalue weighted by molar-refractivity contribution is 5.41. The Morgan fingerprint density at radius 2 is 2.25 bits per heavy atom. The minimum absolute atomic E-state index is 0.195. The quantitative estimate of drug-likeness (QED) is 0.848. The molecule has 2 N–H and O–H groups in total. The lowest BCUT2D eigenvalue weighted by Gasteiger charge is -2.48. The summed E-state index contributed by atoms with van der Waals surface area (Å²) in [6.07, 6.45) is 2.49. The van der Waals surface area contributed by atoms with Gasteiger partial charge in [-0.15, -0.1) is 0 Å². The number of benzene rings is 1. The van der Waals surface area contributed by atoms with Crippen LogP contribution in [-0.4, -0.2) is 13.7 Å². The number of aryl methyl sites for hydroxylation is 1. The van der Waals surface area contributed by atoms with Gasteiger partial charge < -0.3 is 10.5 Å². The van der Waals surface area contributed by atoms with Crippen molar-refractivity contribution < 1.29 is 4.74 Å². The molecule has 1 aliphatic carbocycles. The molecule has 0 radical (unpaired) electrons. The molecule has 0 spiro atoms. The van der Waals surface area contributed by atoms with Crippen molar-refractivity contribution in [2.45, 2.75) is 32.1 Å². The average Bonchev–Trinajstić information content (AvgIpc) is 2.30. The fraction of sp³-hybridized carbons (Fsp3) is 0.571. The summed E-state index contributed by atoms with van der Waals surface area (Å²) in [4.78, 5) is 0. The lowest BCUT2D eigenvalue weighted by molar-refractivity contribution is 0.146. The molecule has 0 heterocycles. The van der Waals surface area contributed by atoms with Crippen LogP contribution < -0.4 is 10.5 Å². The van der Waals surface area contributed by atoms with E-state index in [0.717, 1.165) is 12.3 Å². The zero-order chi connectivity index (χ0) is 11.8. The highest BCUT2D eigenvalue weighted by Crippen LogP contribution is 2.48. The van der Waals surface area contributed by atoms with Gasteiger partial charge in [-0.3, -0.25) is 0 Å². The third-order valence-corrected chi connectivity index (χ3v) is 4.31. The first-order valence-electron chi connectivity index (χ1n) is 5.99. The Bertz CT molecular complexity index is 384. The first kappa shape index (κ1) is 11.5. The topological polar surface area (TPSA) is 35.2 Å². The molecule has 0 aliphatic heterocycles. The van der Waals surface area contributed by atoms with Crippen LogP contribution in [0.2, 0.25) is 0 Å². The molecule has 0 bridgehead atoms. The Morgan fingerprint density at radius 3 is 2.69 bits per heavy atom. The lowest BCUT2D eigenvalue weighted by Crippen LogP contribution is -2.48. The average molecular weight is 219 g/mol. The molecule has 0 amide bonds. The molecule has 2 heteroatoms. The summed E-state index contributed by atoms with van der Waals surface area (Å²) in [5.41, 5.74) is 8.70. The second-order valence-corrected chi connectivity index (χ2v) is 4.98. The monoisotopic (exact) mass is 219 g/mol. The van der Waals surface area contributed by atoms with E-state index in [2.05, 4.69) is 32.0 Å². The predicted octanol–water partition coefficient (Wildman–Crippen LogP) is 2.63. The first-order valence-corrected chi connectivity index (χ1v) is 5.99. The predicted molar refractivity (Wildman–Crippen MR) is 66.9 cm³/mol. The minimum Gasteiger partial charge on any atom is -0.496 e. The maximum absolute atomic E-state index is 5.98. The Kier molecular flexibility index (Phi) is 2.94. The normalized spacial score (nSPS) is 28.6. The van der Waals surface area contributed by atoms with Crippen LogP contribution >= 0.6 is 0 Å². The maximum Gasteiger partial charge on any atom is 0.122 e. The van der Waals surface area contributed by atoms with E-state index in [-0.39, 0.29) is 5.41 Å². The number of hydrogen-bond donors (Lipinski definition) is 1. The van der Waals surface area contributed by atoms with E-state index in [1.165, 1.54) is 24.0 Å². The van der Waals surface area contributed by atoms with Crippen molar-refractivity contribution in [3.05, 3.63) is 29.3 Å². The Labute approximate surface area is 97.8 Å². The van der Waals surface area contributed by atoms with Crippen LogP contribution in [-0.2, 0) is 5.41 Å². The molecule has 2 unspecified atom stereocenters. The minimum atomic E-state index is 0.195. The summed E-state index contributed by atoms with van der Waals surface area (Å²) in [5, 5.41) is 0. The van der Waals surface area contributed by atoms with E-state index in [4.69, 9.17) is 10.5 Å². The van der Waals surface area contributed by atoms with Gasteiger partial charge in [0, 0.05) is 12.0 Å². The number of rotatable bonds is 3. The smallest absolute Gasteiger partial charge is 0.122 e. The van der Waals surface area contributed by atoms with Gasteiger partial charge in [-0.1, -0.05) is 19.1 Å². The summed E-state index contributed by atoms with van der Waals surface area (Å²) in [6.45, 7) is 5.10. The Balaban J connectivity index is 2.40. The summed E-state index contributed by atoms with van der Waals surface area (Å²) < 4.78 is 5.39. The van der Waals surface area contributed by atoms with Crippen LogP contribution in [0.3, 0.4) is 0 Å². The highest BCUT2D eigenvalue weighted by Gasteiger charge is 2.44. The number of methoxy groups -OCH3 is 1. The van der Waals surface area contributed by atoms with Crippen LogP contribution in [0.5, 0.6) is 5.75 Å². The number of ether oxygens (including phenoxy) is 1. The molecule has 0 aromatic heterocycles. The van der Waals surface area contributed by atoms with Gasteiger partial charge in [0.25, 0.3) is 0 Å². The van der Waals surface area contributed by atoms with Crippen molar-refractivity contribution in [3.63, 3.8) is 0 Å². The van der Waals surface area contributed by atoms with E-state index >= 15 is 0 Å². The van der Waals surface area contributed by atoms with E-state index in [9.17, 15) is 0 Å². The SMILES string of the molecule is COc1cc(C2(CN)CCC2C)ccc1C. The van der Waals surface area contributed by atoms with Gasteiger partial charge in [-0.2, -0.15) is 0 Å². The number of hydrogen-bond acceptors (Lipinski definition) is 2. The molecule has 88 valence electrons. The second kappa shape index (κ2) is 4.10. The van der Waals surface area contributed by atoms with Crippen molar-refractivity contribution in [2.75, 3.05) is 13.7 Å². The van der Waals surface area contributed by atoms with Gasteiger partial charge in [-0.25, -0.2) is 0 Å². The van der Waals surface area contributed by atoms with Gasteiger partial charge in [0.15, 0.2) is 0 Å². The standard InChI is InChI=1S/C14H21NO/c1-10-4-5-12(8-13(10)16-3)14(9-15)7-6-11(14)2/h4-5,8,11H,6-7,9,15H2,1-3H3. The van der Waals surface area contributed by atoms with E-state index in [0.29, 0.717) is 5.92 Å². The van der Waals surface area contributed by atoms with Crippen LogP contribution in [0.4, 0.5) is 0 Å². The van der Waals surface area contributed by atoms with Gasteiger partial charge in [0.2, 0.25) is 0 Å². The molecular formula is C14H21NO. The molecule has 1 aliphatic rings. The maximum atomic E-state index is 5.98. The molecule has 2 nitrogen and oxygen atoms in total. The van der Waals surface area contributed by atoms with Gasteiger partial charge in [0.1, 0.15) is 5.75 Å². The van der Waals surface area contributed by atoms with Gasteiger partial charge >= 0.3 is 0 Å². The van der Waals surface area contributed by atoms with E-state index in [1.54, 1.807) is 7.11 Å². The fourth-order valence-corrected chi connectivity index (χ4v) is 2.76. The molecule has 2 atom stereocenters. The Morgan fingerprint density at radius 1 is 1.50 bits per heavy atom. The molecule has 1 fully saturated rings. The summed E-state index contributed by atoms with van der Waals surface area (Å²) in [5.74, 6) is 1.66. The highest BCUT2D eigenvalue weighted by atomic mass is 16.5. The van der Waals surface area contributed by atoms with Gasteiger partial charge in [-0.05, 0) is 42.9 Å². The van der Waals surface area contributed by atoms with Crippen molar-refractivity contribution in [3.8, 4) is 5.75 Å². The lowest BCUT2D eigenvalue weighted by atomic mass is 9.57. The molecular weight excluding hydrogens is 198 g/mol. The number of nitrogens with two attached hydrogens (primary N) is 1. The third kappa shape index (κ3) is 1.52. The van der Waals surface area contributed by atoms with Crippen molar-refractivity contribution in [1.29, 1.82) is 0 Å². The van der Waals surface area contributed by atoms with E-state index < -0.39 is 0 Å². The van der Waals surface area contributed by atoms with Crippen molar-refractivity contribution in [1.82, 2.24) is 0 Å². The van der Waals surface area contributed by atoms with Crippen LogP contribution in [0, 0.1) is 12.8 Å². The molecule has 2 rings (SSSR count). The van der Waals surface area contributed by atoms with Crippen molar-refractivity contribution in [2.24, 2.45) is 11.7 Å². The Hall–Kier alpha value is -1.02. The molecule has 0 saturated heterocycles. The molecule has 16 heavy (non-hydrogen) atoms.